The van der Waals surface area contributed by atoms with Gasteiger partial charge in [-0.05, 0) is 100 Å². The summed E-state index contributed by atoms with van der Waals surface area (Å²) in [5.41, 5.74) is 16.3. The second-order valence-corrected chi connectivity index (χ2v) is 14.5. The number of rotatable bonds is 6. The highest BCUT2D eigenvalue weighted by atomic mass is 16.3. The van der Waals surface area contributed by atoms with E-state index in [4.69, 9.17) is 4.42 Å². The first-order valence-corrected chi connectivity index (χ1v) is 19.0. The van der Waals surface area contributed by atoms with Crippen LogP contribution >= 0.6 is 0 Å². The predicted octanol–water partition coefficient (Wildman–Crippen LogP) is 14.1. The molecule has 11 rings (SSSR count). The molecule has 0 saturated heterocycles. The molecule has 1 aliphatic heterocycles. The van der Waals surface area contributed by atoms with Gasteiger partial charge >= 0.3 is 0 Å². The summed E-state index contributed by atoms with van der Waals surface area (Å²) in [6.07, 6.45) is 4.69. The lowest BCUT2D eigenvalue weighted by Crippen LogP contribution is -2.30. The molecule has 3 heteroatoms. The minimum Gasteiger partial charge on any atom is -0.456 e. The summed E-state index contributed by atoms with van der Waals surface area (Å²) >= 11 is 0. The molecule has 0 fully saturated rings. The molecule has 9 aromatic rings. The zero-order valence-corrected chi connectivity index (χ0v) is 30.1. The Kier molecular flexibility index (Phi) is 7.31. The quantitative estimate of drug-likeness (QED) is 0.172. The van der Waals surface area contributed by atoms with Crippen LogP contribution < -0.4 is 9.80 Å². The molecule has 8 aromatic carbocycles. The fourth-order valence-corrected chi connectivity index (χ4v) is 8.93. The van der Waals surface area contributed by atoms with Gasteiger partial charge in [-0.1, -0.05) is 140 Å². The summed E-state index contributed by atoms with van der Waals surface area (Å²) in [4.78, 5) is 4.92. The van der Waals surface area contributed by atoms with E-state index in [9.17, 15) is 0 Å². The van der Waals surface area contributed by atoms with E-state index in [0.29, 0.717) is 0 Å². The second kappa shape index (κ2) is 12.8. The van der Waals surface area contributed by atoms with Crippen LogP contribution in [0.4, 0.5) is 28.4 Å². The second-order valence-electron chi connectivity index (χ2n) is 14.5. The molecule has 1 aromatic heterocycles. The predicted molar refractivity (Wildman–Crippen MR) is 229 cm³/mol. The van der Waals surface area contributed by atoms with E-state index in [1.165, 1.54) is 50.3 Å². The Labute approximate surface area is 320 Å². The largest absolute Gasteiger partial charge is 0.456 e. The average molecular weight is 705 g/mol. The van der Waals surface area contributed by atoms with Gasteiger partial charge in [0.1, 0.15) is 11.2 Å². The first kappa shape index (κ1) is 31.4. The molecule has 1 aliphatic carbocycles. The van der Waals surface area contributed by atoms with Crippen molar-refractivity contribution in [2.75, 3.05) is 9.80 Å². The zero-order valence-electron chi connectivity index (χ0n) is 30.1. The number of nitrogens with zero attached hydrogens (tertiary/aromatic N) is 2. The van der Waals surface area contributed by atoms with E-state index in [-0.39, 0.29) is 12.0 Å². The lowest BCUT2D eigenvalue weighted by molar-refractivity contribution is 0.669. The smallest absolute Gasteiger partial charge is 0.135 e. The van der Waals surface area contributed by atoms with Crippen LogP contribution in [0.3, 0.4) is 0 Å². The van der Waals surface area contributed by atoms with E-state index in [2.05, 4.69) is 204 Å². The minimum atomic E-state index is 0.202. The summed E-state index contributed by atoms with van der Waals surface area (Å²) in [7, 11) is 0. The van der Waals surface area contributed by atoms with Crippen molar-refractivity contribution in [2.24, 2.45) is 0 Å². The van der Waals surface area contributed by atoms with Crippen LogP contribution in [0.25, 0.3) is 50.3 Å². The Morgan fingerprint density at radius 1 is 0.473 bits per heavy atom. The normalized spacial score (nSPS) is 15.5. The van der Waals surface area contributed by atoms with Crippen molar-refractivity contribution in [3.63, 3.8) is 0 Å². The van der Waals surface area contributed by atoms with Gasteiger partial charge in [0.2, 0.25) is 0 Å². The molecule has 2 heterocycles. The summed E-state index contributed by atoms with van der Waals surface area (Å²) in [6.45, 7) is 0. The molecule has 2 unspecified atom stereocenters. The van der Waals surface area contributed by atoms with Crippen LogP contribution in [-0.2, 0) is 0 Å². The van der Waals surface area contributed by atoms with Crippen LogP contribution in [-0.4, -0.2) is 6.04 Å². The van der Waals surface area contributed by atoms with E-state index in [0.717, 1.165) is 39.0 Å². The maximum atomic E-state index is 6.27. The molecule has 0 amide bonds. The van der Waals surface area contributed by atoms with Crippen molar-refractivity contribution in [1.29, 1.82) is 0 Å². The molecular formula is C52H36N2O. The molecule has 0 bridgehead atoms. The van der Waals surface area contributed by atoms with Gasteiger partial charge in [0.05, 0.1) is 11.7 Å². The lowest BCUT2D eigenvalue weighted by Gasteiger charge is -2.31. The van der Waals surface area contributed by atoms with Gasteiger partial charge in [-0.3, -0.25) is 0 Å². The van der Waals surface area contributed by atoms with Crippen molar-refractivity contribution in [2.45, 2.75) is 12.0 Å². The van der Waals surface area contributed by atoms with Gasteiger partial charge in [-0.25, -0.2) is 0 Å². The lowest BCUT2D eigenvalue weighted by atomic mass is 9.80. The monoisotopic (exact) mass is 704 g/mol. The summed E-state index contributed by atoms with van der Waals surface area (Å²) in [6, 6.07) is 70.2. The number of benzene rings is 8. The Bertz CT molecular complexity index is 2910. The third-order valence-electron chi connectivity index (χ3n) is 11.4. The highest BCUT2D eigenvalue weighted by Gasteiger charge is 2.41. The van der Waals surface area contributed by atoms with E-state index < -0.39 is 0 Å². The number of hydrogen-bond donors (Lipinski definition) is 0. The third-order valence-corrected chi connectivity index (χ3v) is 11.4. The molecule has 0 saturated carbocycles. The molecule has 0 radical (unpaired) electrons. The molecule has 3 nitrogen and oxygen atoms in total. The molecule has 260 valence electrons. The number of para-hydroxylation sites is 3. The van der Waals surface area contributed by atoms with E-state index >= 15 is 0 Å². The number of anilines is 5. The molecule has 0 spiro atoms. The first-order valence-electron chi connectivity index (χ1n) is 19.0. The fraction of sp³-hybridized carbons (Fsp3) is 0.0385. The third kappa shape index (κ3) is 5.20. The van der Waals surface area contributed by atoms with Crippen molar-refractivity contribution in [3.05, 3.63) is 217 Å². The SMILES string of the molecule is C1=CC2C(c3ccccc31)c1cc(-c3cccc(N(c4ccc5oc6ccccc6c5c4)c4ccccc4-c4ccccc4)c3)ccc1N2c1ccccc1. The molecule has 2 aliphatic rings. The Morgan fingerprint density at radius 3 is 2.09 bits per heavy atom. The van der Waals surface area contributed by atoms with Crippen LogP contribution in [0.5, 0.6) is 0 Å². The Hall–Kier alpha value is -7.10. The van der Waals surface area contributed by atoms with E-state index in [1.54, 1.807) is 0 Å². The first-order chi connectivity index (χ1) is 27.3. The summed E-state index contributed by atoms with van der Waals surface area (Å²) in [5.74, 6) is 0.227. The Balaban J connectivity index is 1.08. The highest BCUT2D eigenvalue weighted by Crippen LogP contribution is 2.52. The summed E-state index contributed by atoms with van der Waals surface area (Å²) in [5, 5.41) is 2.22. The van der Waals surface area contributed by atoms with Crippen LogP contribution in [0.2, 0.25) is 0 Å². The maximum absolute atomic E-state index is 6.27. The van der Waals surface area contributed by atoms with Gasteiger partial charge in [0.15, 0.2) is 0 Å². The topological polar surface area (TPSA) is 19.6 Å². The Morgan fingerprint density at radius 2 is 1.18 bits per heavy atom. The van der Waals surface area contributed by atoms with E-state index in [1.807, 2.05) is 12.1 Å². The van der Waals surface area contributed by atoms with Gasteiger partial charge < -0.3 is 14.2 Å². The maximum Gasteiger partial charge on any atom is 0.135 e. The molecule has 0 N–H and O–H groups in total. The highest BCUT2D eigenvalue weighted by molar-refractivity contribution is 6.07. The van der Waals surface area contributed by atoms with Crippen LogP contribution in [0.1, 0.15) is 22.6 Å². The minimum absolute atomic E-state index is 0.202. The van der Waals surface area contributed by atoms with Crippen molar-refractivity contribution >= 4 is 56.5 Å². The van der Waals surface area contributed by atoms with Crippen LogP contribution in [0.15, 0.2) is 205 Å². The number of hydrogen-bond acceptors (Lipinski definition) is 3. The molecular weight excluding hydrogens is 669 g/mol. The van der Waals surface area contributed by atoms with Crippen LogP contribution in [0, 0.1) is 0 Å². The summed E-state index contributed by atoms with van der Waals surface area (Å²) < 4.78 is 6.27. The standard InChI is InChI=1S/C52H36N2O/c1-3-14-35(15-4-1)42-21-9-11-24-47(42)53(41-28-31-51-45(34-41)44-23-10-12-25-50(44)55-51)40-20-13-17-37(32-40)38-27-29-48-46(33-38)52-43-22-8-7-16-36(43)26-30-49(52)54(48)39-18-5-2-6-19-39/h1-34,49,52H. The van der Waals surface area contributed by atoms with Gasteiger partial charge in [-0.2, -0.15) is 0 Å². The van der Waals surface area contributed by atoms with Gasteiger partial charge in [0.25, 0.3) is 0 Å². The molecule has 55 heavy (non-hydrogen) atoms. The number of fused-ring (bicyclic) bond motifs is 8. The van der Waals surface area contributed by atoms with Crippen molar-refractivity contribution in [1.82, 2.24) is 0 Å². The zero-order chi connectivity index (χ0) is 36.3. The van der Waals surface area contributed by atoms with Crippen molar-refractivity contribution < 1.29 is 4.42 Å². The van der Waals surface area contributed by atoms with Gasteiger partial charge in [0, 0.05) is 45.0 Å². The van der Waals surface area contributed by atoms with Crippen molar-refractivity contribution in [3.8, 4) is 22.3 Å². The fourth-order valence-electron chi connectivity index (χ4n) is 8.93. The average Bonchev–Trinajstić information content (AvgIpc) is 3.80. The van der Waals surface area contributed by atoms with Gasteiger partial charge in [-0.15, -0.1) is 0 Å². The molecule has 2 atom stereocenters. The number of furan rings is 1.